The van der Waals surface area contributed by atoms with E-state index in [-0.39, 0.29) is 0 Å². The Labute approximate surface area is 108 Å². The molecule has 1 rings (SSSR count). The molecule has 0 aliphatic carbocycles. The SMILES string of the molecule is CCCOCCOc1ccccc1/C(CC)=N/O. The maximum absolute atomic E-state index is 8.95. The second-order valence-electron chi connectivity index (χ2n) is 3.86. The zero-order valence-corrected chi connectivity index (χ0v) is 11.1. The van der Waals surface area contributed by atoms with Crippen molar-refractivity contribution < 1.29 is 14.7 Å². The number of rotatable bonds is 8. The van der Waals surface area contributed by atoms with Gasteiger partial charge in [-0.1, -0.05) is 31.1 Å². The number of para-hydroxylation sites is 1. The van der Waals surface area contributed by atoms with Crippen molar-refractivity contribution in [1.82, 2.24) is 0 Å². The third-order valence-electron chi connectivity index (χ3n) is 2.49. The number of hydrogen-bond acceptors (Lipinski definition) is 4. The minimum Gasteiger partial charge on any atom is -0.490 e. The van der Waals surface area contributed by atoms with Gasteiger partial charge in [-0.15, -0.1) is 0 Å². The molecule has 1 N–H and O–H groups in total. The van der Waals surface area contributed by atoms with Crippen molar-refractivity contribution in [1.29, 1.82) is 0 Å². The summed E-state index contributed by atoms with van der Waals surface area (Å²) < 4.78 is 11.0. The topological polar surface area (TPSA) is 51.0 Å². The predicted octanol–water partition coefficient (Wildman–Crippen LogP) is 3.08. The molecule has 0 amide bonds. The molecule has 0 fully saturated rings. The van der Waals surface area contributed by atoms with E-state index in [0.29, 0.717) is 25.3 Å². The van der Waals surface area contributed by atoms with E-state index in [2.05, 4.69) is 12.1 Å². The van der Waals surface area contributed by atoms with Crippen LogP contribution in [-0.4, -0.2) is 30.7 Å². The van der Waals surface area contributed by atoms with Crippen LogP contribution >= 0.6 is 0 Å². The van der Waals surface area contributed by atoms with Gasteiger partial charge >= 0.3 is 0 Å². The first-order valence-electron chi connectivity index (χ1n) is 6.34. The standard InChI is InChI=1S/C14H21NO3/c1-3-9-17-10-11-18-14-8-6-5-7-12(14)13(4-2)15-16/h5-8,16H,3-4,9-11H2,1-2H3/b15-13+. The highest BCUT2D eigenvalue weighted by molar-refractivity contribution is 6.02. The minimum absolute atomic E-state index is 0.499. The third-order valence-corrected chi connectivity index (χ3v) is 2.49. The number of nitrogens with zero attached hydrogens (tertiary/aromatic N) is 1. The fraction of sp³-hybridized carbons (Fsp3) is 0.500. The lowest BCUT2D eigenvalue weighted by atomic mass is 10.1. The summed E-state index contributed by atoms with van der Waals surface area (Å²) in [5, 5.41) is 12.3. The van der Waals surface area contributed by atoms with Crippen LogP contribution in [0.5, 0.6) is 5.75 Å². The molecule has 1 aromatic rings. The predicted molar refractivity (Wildman–Crippen MR) is 71.7 cm³/mol. The van der Waals surface area contributed by atoms with E-state index in [1.165, 1.54) is 0 Å². The summed E-state index contributed by atoms with van der Waals surface area (Å²) >= 11 is 0. The quantitative estimate of drug-likeness (QED) is 0.334. The second-order valence-corrected chi connectivity index (χ2v) is 3.86. The fourth-order valence-corrected chi connectivity index (χ4v) is 1.60. The number of oxime groups is 1. The summed E-state index contributed by atoms with van der Waals surface area (Å²) in [7, 11) is 0. The summed E-state index contributed by atoms with van der Waals surface area (Å²) in [6, 6.07) is 7.56. The zero-order chi connectivity index (χ0) is 13.2. The van der Waals surface area contributed by atoms with Gasteiger partial charge in [-0.3, -0.25) is 0 Å². The first-order valence-corrected chi connectivity index (χ1v) is 6.34. The third kappa shape index (κ3) is 4.37. The Kier molecular flexibility index (Phi) is 6.87. The molecule has 0 bridgehead atoms. The van der Waals surface area contributed by atoms with Crippen LogP contribution in [0.4, 0.5) is 0 Å². The second kappa shape index (κ2) is 8.53. The van der Waals surface area contributed by atoms with Gasteiger partial charge in [-0.05, 0) is 25.0 Å². The van der Waals surface area contributed by atoms with Gasteiger partial charge in [0.1, 0.15) is 12.4 Å². The molecule has 18 heavy (non-hydrogen) atoms. The maximum atomic E-state index is 8.95. The summed E-state index contributed by atoms with van der Waals surface area (Å²) in [6.07, 6.45) is 1.66. The van der Waals surface area contributed by atoms with Crippen molar-refractivity contribution in [2.24, 2.45) is 5.16 Å². The molecule has 4 nitrogen and oxygen atoms in total. The van der Waals surface area contributed by atoms with Crippen molar-refractivity contribution in [3.05, 3.63) is 29.8 Å². The molecule has 0 radical (unpaired) electrons. The Morgan fingerprint density at radius 2 is 1.94 bits per heavy atom. The Balaban J connectivity index is 2.59. The maximum Gasteiger partial charge on any atom is 0.128 e. The van der Waals surface area contributed by atoms with Gasteiger partial charge in [-0.2, -0.15) is 0 Å². The van der Waals surface area contributed by atoms with E-state index in [0.717, 1.165) is 24.3 Å². The highest BCUT2D eigenvalue weighted by atomic mass is 16.5. The van der Waals surface area contributed by atoms with Crippen LogP contribution in [0.1, 0.15) is 32.3 Å². The van der Waals surface area contributed by atoms with Crippen LogP contribution in [-0.2, 0) is 4.74 Å². The van der Waals surface area contributed by atoms with E-state index in [1.807, 2.05) is 31.2 Å². The monoisotopic (exact) mass is 251 g/mol. The summed E-state index contributed by atoms with van der Waals surface area (Å²) in [5.41, 5.74) is 1.46. The van der Waals surface area contributed by atoms with Gasteiger partial charge in [0.05, 0.1) is 12.3 Å². The van der Waals surface area contributed by atoms with E-state index < -0.39 is 0 Å². The summed E-state index contributed by atoms with van der Waals surface area (Å²) in [6.45, 7) is 5.83. The smallest absolute Gasteiger partial charge is 0.128 e. The Bertz CT molecular complexity index is 377. The molecule has 4 heteroatoms. The molecular formula is C14H21NO3. The molecule has 0 heterocycles. The van der Waals surface area contributed by atoms with Gasteiger partial charge in [-0.25, -0.2) is 0 Å². The Hall–Kier alpha value is -1.55. The molecule has 0 aliphatic rings. The Morgan fingerprint density at radius 1 is 1.17 bits per heavy atom. The highest BCUT2D eigenvalue weighted by Crippen LogP contribution is 2.20. The average Bonchev–Trinajstić information content (AvgIpc) is 2.41. The van der Waals surface area contributed by atoms with E-state index in [4.69, 9.17) is 14.7 Å². The Morgan fingerprint density at radius 3 is 2.61 bits per heavy atom. The van der Waals surface area contributed by atoms with Crippen LogP contribution in [0.2, 0.25) is 0 Å². The number of ether oxygens (including phenoxy) is 2. The average molecular weight is 251 g/mol. The minimum atomic E-state index is 0.499. The van der Waals surface area contributed by atoms with Crippen LogP contribution in [0.25, 0.3) is 0 Å². The first kappa shape index (κ1) is 14.5. The van der Waals surface area contributed by atoms with Crippen LogP contribution < -0.4 is 4.74 Å². The van der Waals surface area contributed by atoms with Gasteiger partial charge in [0, 0.05) is 12.2 Å². The van der Waals surface area contributed by atoms with E-state index >= 15 is 0 Å². The van der Waals surface area contributed by atoms with Crippen LogP contribution in [0, 0.1) is 0 Å². The summed E-state index contributed by atoms with van der Waals surface area (Å²) in [5.74, 6) is 0.729. The molecule has 1 aromatic carbocycles. The van der Waals surface area contributed by atoms with Gasteiger partial charge in [0.15, 0.2) is 0 Å². The summed E-state index contributed by atoms with van der Waals surface area (Å²) in [4.78, 5) is 0. The molecule has 0 saturated heterocycles. The van der Waals surface area contributed by atoms with E-state index in [1.54, 1.807) is 0 Å². The molecule has 0 saturated carbocycles. The lowest BCUT2D eigenvalue weighted by molar-refractivity contribution is 0.101. The van der Waals surface area contributed by atoms with Crippen molar-refractivity contribution in [2.75, 3.05) is 19.8 Å². The largest absolute Gasteiger partial charge is 0.490 e. The van der Waals surface area contributed by atoms with Crippen molar-refractivity contribution in [3.63, 3.8) is 0 Å². The molecular weight excluding hydrogens is 230 g/mol. The van der Waals surface area contributed by atoms with Crippen LogP contribution in [0.15, 0.2) is 29.4 Å². The lowest BCUT2D eigenvalue weighted by Gasteiger charge is -2.11. The van der Waals surface area contributed by atoms with Gasteiger partial charge in [0.2, 0.25) is 0 Å². The molecule has 0 atom stereocenters. The number of benzene rings is 1. The van der Waals surface area contributed by atoms with Crippen LogP contribution in [0.3, 0.4) is 0 Å². The van der Waals surface area contributed by atoms with Crippen molar-refractivity contribution >= 4 is 5.71 Å². The molecule has 0 spiro atoms. The molecule has 0 unspecified atom stereocenters. The van der Waals surface area contributed by atoms with Crippen molar-refractivity contribution in [3.8, 4) is 5.75 Å². The number of hydrogen-bond donors (Lipinski definition) is 1. The first-order chi connectivity index (χ1) is 8.83. The zero-order valence-electron chi connectivity index (χ0n) is 11.1. The lowest BCUT2D eigenvalue weighted by Crippen LogP contribution is -2.10. The van der Waals surface area contributed by atoms with E-state index in [9.17, 15) is 0 Å². The van der Waals surface area contributed by atoms with Crippen molar-refractivity contribution in [2.45, 2.75) is 26.7 Å². The molecule has 100 valence electrons. The normalized spacial score (nSPS) is 11.6. The fourth-order valence-electron chi connectivity index (χ4n) is 1.60. The molecule has 0 aromatic heterocycles. The highest BCUT2D eigenvalue weighted by Gasteiger charge is 2.08. The molecule has 0 aliphatic heterocycles. The van der Waals surface area contributed by atoms with Gasteiger partial charge < -0.3 is 14.7 Å². The van der Waals surface area contributed by atoms with Gasteiger partial charge in [0.25, 0.3) is 0 Å².